The number of rotatable bonds is 5. The van der Waals surface area contributed by atoms with Crippen LogP contribution in [0.4, 0.5) is 5.69 Å². The summed E-state index contributed by atoms with van der Waals surface area (Å²) in [7, 11) is 0.922. The standard InChI is InChI=1S/C13H20N2O2S/c1-9-7-11(14-3)5-6-12(9)13(16)15-8-10(2)18(4)17/h5-7,10,14H,8H2,1-4H3,(H,15,16). The molecule has 4 nitrogen and oxygen atoms in total. The lowest BCUT2D eigenvalue weighted by atomic mass is 10.1. The number of aryl methyl sites for hydroxylation is 1. The van der Waals surface area contributed by atoms with Crippen molar-refractivity contribution in [2.24, 2.45) is 0 Å². The molecule has 1 aromatic rings. The van der Waals surface area contributed by atoms with Crippen LogP contribution in [0.2, 0.25) is 0 Å². The van der Waals surface area contributed by atoms with Crippen LogP contribution in [0.5, 0.6) is 0 Å². The Morgan fingerprint density at radius 3 is 2.61 bits per heavy atom. The van der Waals surface area contributed by atoms with E-state index in [1.165, 1.54) is 0 Å². The highest BCUT2D eigenvalue weighted by atomic mass is 32.2. The van der Waals surface area contributed by atoms with Gasteiger partial charge >= 0.3 is 0 Å². The second-order valence-corrected chi connectivity index (χ2v) is 6.10. The van der Waals surface area contributed by atoms with Crippen LogP contribution in [0.25, 0.3) is 0 Å². The second-order valence-electron chi connectivity index (χ2n) is 4.30. The van der Waals surface area contributed by atoms with Gasteiger partial charge in [0.1, 0.15) is 0 Å². The molecule has 0 aromatic heterocycles. The van der Waals surface area contributed by atoms with E-state index in [0.29, 0.717) is 12.1 Å². The van der Waals surface area contributed by atoms with E-state index in [1.807, 2.05) is 33.0 Å². The summed E-state index contributed by atoms with van der Waals surface area (Å²) in [4.78, 5) is 12.0. The molecule has 5 heteroatoms. The normalized spacial score (nSPS) is 13.8. The van der Waals surface area contributed by atoms with Gasteiger partial charge in [-0.2, -0.15) is 0 Å². The predicted molar refractivity (Wildman–Crippen MR) is 76.6 cm³/mol. The number of hydrogen-bond acceptors (Lipinski definition) is 3. The summed E-state index contributed by atoms with van der Waals surface area (Å²) in [6.07, 6.45) is 1.64. The summed E-state index contributed by atoms with van der Waals surface area (Å²) in [5.41, 5.74) is 2.56. The minimum absolute atomic E-state index is 0.0363. The van der Waals surface area contributed by atoms with E-state index in [4.69, 9.17) is 0 Å². The van der Waals surface area contributed by atoms with Crippen molar-refractivity contribution in [3.05, 3.63) is 29.3 Å². The Kier molecular flexibility index (Phi) is 5.34. The molecule has 0 saturated heterocycles. The molecule has 0 saturated carbocycles. The van der Waals surface area contributed by atoms with Crippen LogP contribution in [0.3, 0.4) is 0 Å². The zero-order valence-corrected chi connectivity index (χ0v) is 12.1. The monoisotopic (exact) mass is 268 g/mol. The SMILES string of the molecule is CNc1ccc(C(=O)NCC(C)S(C)=O)c(C)c1. The van der Waals surface area contributed by atoms with Crippen LogP contribution in [-0.4, -0.2) is 35.2 Å². The van der Waals surface area contributed by atoms with Crippen LogP contribution in [0.15, 0.2) is 18.2 Å². The van der Waals surface area contributed by atoms with Crippen molar-refractivity contribution in [1.29, 1.82) is 0 Å². The zero-order chi connectivity index (χ0) is 13.7. The van der Waals surface area contributed by atoms with E-state index in [2.05, 4.69) is 10.6 Å². The van der Waals surface area contributed by atoms with E-state index in [-0.39, 0.29) is 11.2 Å². The lowest BCUT2D eigenvalue weighted by molar-refractivity contribution is 0.0953. The van der Waals surface area contributed by atoms with Crippen LogP contribution < -0.4 is 10.6 Å². The summed E-state index contributed by atoms with van der Waals surface area (Å²) < 4.78 is 11.2. The van der Waals surface area contributed by atoms with E-state index in [9.17, 15) is 9.00 Å². The molecule has 0 aliphatic rings. The second kappa shape index (κ2) is 6.54. The largest absolute Gasteiger partial charge is 0.388 e. The maximum absolute atomic E-state index is 12.0. The Labute approximate surface area is 111 Å². The van der Waals surface area contributed by atoms with Gasteiger partial charge in [-0.3, -0.25) is 9.00 Å². The predicted octanol–water partition coefficient (Wildman–Crippen LogP) is 1.53. The summed E-state index contributed by atoms with van der Waals surface area (Å²) >= 11 is 0. The number of benzene rings is 1. The number of anilines is 1. The summed E-state index contributed by atoms with van der Waals surface area (Å²) in [6.45, 7) is 4.18. The fourth-order valence-electron chi connectivity index (χ4n) is 1.52. The molecular weight excluding hydrogens is 248 g/mol. The van der Waals surface area contributed by atoms with Crippen LogP contribution in [0, 0.1) is 6.92 Å². The van der Waals surface area contributed by atoms with Gasteiger partial charge in [-0.15, -0.1) is 0 Å². The molecule has 0 fully saturated rings. The first-order valence-corrected chi connectivity index (χ1v) is 7.46. The van der Waals surface area contributed by atoms with E-state index >= 15 is 0 Å². The van der Waals surface area contributed by atoms with Crippen molar-refractivity contribution in [2.45, 2.75) is 19.1 Å². The maximum Gasteiger partial charge on any atom is 0.251 e. The first-order chi connectivity index (χ1) is 8.45. The molecule has 1 aromatic carbocycles. The lowest BCUT2D eigenvalue weighted by Crippen LogP contribution is -2.32. The van der Waals surface area contributed by atoms with Gasteiger partial charge in [-0.05, 0) is 37.6 Å². The number of hydrogen-bond donors (Lipinski definition) is 2. The molecule has 2 unspecified atom stereocenters. The first kappa shape index (κ1) is 14.7. The Morgan fingerprint density at radius 2 is 2.11 bits per heavy atom. The van der Waals surface area contributed by atoms with Crippen LogP contribution in [0.1, 0.15) is 22.8 Å². The molecule has 0 radical (unpaired) electrons. The highest BCUT2D eigenvalue weighted by Crippen LogP contribution is 2.14. The molecular formula is C13H20N2O2S. The van der Waals surface area contributed by atoms with Crippen molar-refractivity contribution in [2.75, 3.05) is 25.2 Å². The fourth-order valence-corrected chi connectivity index (χ4v) is 1.84. The summed E-state index contributed by atoms with van der Waals surface area (Å²) in [6, 6.07) is 5.59. The molecule has 2 atom stereocenters. The molecule has 0 aliphatic heterocycles. The minimum Gasteiger partial charge on any atom is -0.388 e. The first-order valence-electron chi connectivity index (χ1n) is 5.84. The number of amides is 1. The third-order valence-corrected chi connectivity index (χ3v) is 4.18. The minimum atomic E-state index is -0.918. The van der Waals surface area contributed by atoms with Gasteiger partial charge in [0, 0.05) is 47.1 Å². The smallest absolute Gasteiger partial charge is 0.251 e. The van der Waals surface area contributed by atoms with Gasteiger partial charge in [0.2, 0.25) is 0 Å². The van der Waals surface area contributed by atoms with Gasteiger partial charge in [0.15, 0.2) is 0 Å². The van der Waals surface area contributed by atoms with Gasteiger partial charge in [-0.1, -0.05) is 0 Å². The molecule has 0 heterocycles. The zero-order valence-electron chi connectivity index (χ0n) is 11.2. The van der Waals surface area contributed by atoms with E-state index in [1.54, 1.807) is 12.3 Å². The Morgan fingerprint density at radius 1 is 1.44 bits per heavy atom. The number of carbonyl (C=O) groups is 1. The molecule has 0 bridgehead atoms. The Hall–Kier alpha value is -1.36. The van der Waals surface area contributed by atoms with Gasteiger partial charge < -0.3 is 10.6 Å². The number of carbonyl (C=O) groups excluding carboxylic acids is 1. The van der Waals surface area contributed by atoms with Crippen LogP contribution >= 0.6 is 0 Å². The van der Waals surface area contributed by atoms with Crippen LogP contribution in [-0.2, 0) is 10.8 Å². The highest BCUT2D eigenvalue weighted by Gasteiger charge is 2.12. The van der Waals surface area contributed by atoms with E-state index < -0.39 is 10.8 Å². The quantitative estimate of drug-likeness (QED) is 0.851. The van der Waals surface area contributed by atoms with Gasteiger partial charge in [-0.25, -0.2) is 0 Å². The van der Waals surface area contributed by atoms with Crippen molar-refractivity contribution < 1.29 is 9.00 Å². The third-order valence-electron chi connectivity index (χ3n) is 2.88. The third kappa shape index (κ3) is 3.84. The van der Waals surface area contributed by atoms with Crippen molar-refractivity contribution in [3.8, 4) is 0 Å². The Balaban J connectivity index is 2.70. The van der Waals surface area contributed by atoms with Gasteiger partial charge in [0.25, 0.3) is 5.91 Å². The van der Waals surface area contributed by atoms with Gasteiger partial charge in [0.05, 0.1) is 0 Å². The molecule has 2 N–H and O–H groups in total. The topological polar surface area (TPSA) is 58.2 Å². The Bertz CT molecular complexity index is 460. The maximum atomic E-state index is 12.0. The lowest BCUT2D eigenvalue weighted by Gasteiger charge is -2.12. The summed E-state index contributed by atoms with van der Waals surface area (Å²) in [5, 5.41) is 5.80. The number of nitrogens with one attached hydrogen (secondary N) is 2. The fraction of sp³-hybridized carbons (Fsp3) is 0.462. The molecule has 0 spiro atoms. The average molecular weight is 268 g/mol. The van der Waals surface area contributed by atoms with Crippen molar-refractivity contribution in [1.82, 2.24) is 5.32 Å². The van der Waals surface area contributed by atoms with Crippen molar-refractivity contribution >= 4 is 22.4 Å². The molecule has 1 rings (SSSR count). The molecule has 1 amide bonds. The molecule has 18 heavy (non-hydrogen) atoms. The highest BCUT2D eigenvalue weighted by molar-refractivity contribution is 7.84. The average Bonchev–Trinajstić information content (AvgIpc) is 2.34. The summed E-state index contributed by atoms with van der Waals surface area (Å²) in [5.74, 6) is -0.118. The molecule has 100 valence electrons. The van der Waals surface area contributed by atoms with Crippen molar-refractivity contribution in [3.63, 3.8) is 0 Å². The van der Waals surface area contributed by atoms with E-state index in [0.717, 1.165) is 11.3 Å². The molecule has 0 aliphatic carbocycles.